The average Bonchev–Trinajstić information content (AvgIpc) is 3.36. The molecule has 0 radical (unpaired) electrons. The molecule has 0 N–H and O–H groups in total. The van der Waals surface area contributed by atoms with Crippen LogP contribution in [0, 0.1) is 28.6 Å². The Morgan fingerprint density at radius 2 is 1.86 bits per heavy atom. The summed E-state index contributed by atoms with van der Waals surface area (Å²) < 4.78 is 17.0. The van der Waals surface area contributed by atoms with Crippen molar-refractivity contribution in [3.05, 3.63) is 22.9 Å². The number of esters is 3. The van der Waals surface area contributed by atoms with Gasteiger partial charge in [-0.05, 0) is 62.4 Å². The number of allylic oxidation sites excluding steroid dienone is 1. The van der Waals surface area contributed by atoms with Gasteiger partial charge in [0.15, 0.2) is 0 Å². The Hall–Kier alpha value is -2.64. The van der Waals surface area contributed by atoms with Crippen molar-refractivity contribution in [2.24, 2.45) is 28.6 Å². The molecule has 4 bridgehead atoms. The highest BCUT2D eigenvalue weighted by atomic mass is 16.6. The summed E-state index contributed by atoms with van der Waals surface area (Å²) in [6.07, 6.45) is 6.02. The molecule has 0 aromatic rings. The van der Waals surface area contributed by atoms with E-state index in [1.165, 1.54) is 26.5 Å². The first kappa shape index (κ1) is 24.1. The highest BCUT2D eigenvalue weighted by Crippen LogP contribution is 2.71. The van der Waals surface area contributed by atoms with Crippen LogP contribution in [0.2, 0.25) is 0 Å². The highest BCUT2D eigenvalue weighted by molar-refractivity contribution is 5.94. The van der Waals surface area contributed by atoms with Crippen LogP contribution in [-0.2, 0) is 33.4 Å². The second kappa shape index (κ2) is 8.49. The maximum absolute atomic E-state index is 14.7. The average molecular weight is 486 g/mol. The summed E-state index contributed by atoms with van der Waals surface area (Å²) in [5.74, 6) is -1.59. The van der Waals surface area contributed by atoms with E-state index in [2.05, 4.69) is 6.92 Å². The van der Waals surface area contributed by atoms with Crippen molar-refractivity contribution in [2.45, 2.75) is 71.8 Å². The van der Waals surface area contributed by atoms with E-state index in [1.54, 1.807) is 0 Å². The number of carbonyl (C=O) groups excluding carboxylic acids is 4. The van der Waals surface area contributed by atoms with Crippen molar-refractivity contribution in [2.75, 3.05) is 20.3 Å². The lowest BCUT2D eigenvalue weighted by atomic mass is 9.52. The number of nitrogens with zero attached hydrogens (tertiary/aromatic N) is 1. The van der Waals surface area contributed by atoms with Crippen molar-refractivity contribution in [1.29, 1.82) is 0 Å². The summed E-state index contributed by atoms with van der Waals surface area (Å²) in [6, 6.07) is 0. The summed E-state index contributed by atoms with van der Waals surface area (Å²) in [4.78, 5) is 54.2. The van der Waals surface area contributed by atoms with Crippen molar-refractivity contribution < 1.29 is 33.4 Å². The van der Waals surface area contributed by atoms with Crippen LogP contribution in [0.25, 0.3) is 0 Å². The molecule has 1 amide bonds. The van der Waals surface area contributed by atoms with Gasteiger partial charge in [0, 0.05) is 26.6 Å². The molecule has 0 aromatic heterocycles. The smallest absolute Gasteiger partial charge is 0.309 e. The van der Waals surface area contributed by atoms with Gasteiger partial charge in [0.2, 0.25) is 5.91 Å². The Kier molecular flexibility index (Phi) is 5.84. The third-order valence-electron chi connectivity index (χ3n) is 9.24. The molecule has 6 aliphatic rings. The topological polar surface area (TPSA) is 99.2 Å². The molecule has 3 aliphatic heterocycles. The monoisotopic (exact) mass is 485 g/mol. The lowest BCUT2D eigenvalue weighted by molar-refractivity contribution is -0.179. The highest BCUT2D eigenvalue weighted by Gasteiger charge is 2.74. The van der Waals surface area contributed by atoms with Crippen molar-refractivity contribution in [3.63, 3.8) is 0 Å². The van der Waals surface area contributed by atoms with Gasteiger partial charge in [-0.2, -0.15) is 0 Å². The van der Waals surface area contributed by atoms with Gasteiger partial charge in [0.05, 0.1) is 23.9 Å². The quantitative estimate of drug-likeness (QED) is 0.342. The van der Waals surface area contributed by atoms with Gasteiger partial charge in [-0.15, -0.1) is 0 Å². The zero-order valence-corrected chi connectivity index (χ0v) is 21.1. The van der Waals surface area contributed by atoms with Gasteiger partial charge in [0.1, 0.15) is 12.7 Å². The van der Waals surface area contributed by atoms with E-state index in [0.717, 1.165) is 36.8 Å². The van der Waals surface area contributed by atoms with E-state index in [4.69, 9.17) is 14.2 Å². The molecule has 6 rings (SSSR count). The van der Waals surface area contributed by atoms with E-state index >= 15 is 0 Å². The fourth-order valence-corrected chi connectivity index (χ4v) is 8.01. The molecule has 35 heavy (non-hydrogen) atoms. The molecular formula is C27H35NO7. The minimum atomic E-state index is -1.11. The predicted molar refractivity (Wildman–Crippen MR) is 124 cm³/mol. The molecule has 3 heterocycles. The van der Waals surface area contributed by atoms with E-state index in [9.17, 15) is 19.2 Å². The summed E-state index contributed by atoms with van der Waals surface area (Å²) in [7, 11) is 1.39. The molecule has 1 spiro atoms. The molecule has 1 saturated carbocycles. The molecular weight excluding hydrogens is 450 g/mol. The van der Waals surface area contributed by atoms with Crippen LogP contribution in [0.4, 0.5) is 0 Å². The van der Waals surface area contributed by atoms with Gasteiger partial charge in [-0.3, -0.25) is 19.2 Å². The molecule has 1 saturated heterocycles. The normalized spacial score (nSPS) is 37.5. The fraction of sp³-hybridized carbons (Fsp3) is 0.704. The molecule has 2 fully saturated rings. The zero-order valence-electron chi connectivity index (χ0n) is 21.1. The third kappa shape index (κ3) is 3.31. The second-order valence-electron chi connectivity index (χ2n) is 11.0. The lowest BCUT2D eigenvalue weighted by Gasteiger charge is -2.55. The SMILES string of the molecule is COC(=O)[C@@H]1C[C@@]23C(=O)N4C=C(CCC5=C2[C@@H]1CC5)C3(COC(C)=O)C(OC(C)=O)CC[C@H](C)C4. The van der Waals surface area contributed by atoms with Crippen LogP contribution in [0.3, 0.4) is 0 Å². The van der Waals surface area contributed by atoms with Crippen LogP contribution in [0.1, 0.15) is 65.7 Å². The van der Waals surface area contributed by atoms with E-state index in [0.29, 0.717) is 19.4 Å². The molecule has 2 unspecified atom stereocenters. The first-order chi connectivity index (χ1) is 16.7. The molecule has 0 aromatic carbocycles. The van der Waals surface area contributed by atoms with Gasteiger partial charge in [0.25, 0.3) is 0 Å². The van der Waals surface area contributed by atoms with Gasteiger partial charge >= 0.3 is 17.9 Å². The molecule has 8 heteroatoms. The number of fused-ring (bicyclic) bond motifs is 4. The van der Waals surface area contributed by atoms with Crippen molar-refractivity contribution in [1.82, 2.24) is 4.90 Å². The summed E-state index contributed by atoms with van der Waals surface area (Å²) >= 11 is 0. The predicted octanol–water partition coefficient (Wildman–Crippen LogP) is 3.30. The minimum Gasteiger partial charge on any atom is -0.469 e. The molecule has 190 valence electrons. The largest absolute Gasteiger partial charge is 0.469 e. The second-order valence-corrected chi connectivity index (χ2v) is 11.0. The number of amides is 1. The van der Waals surface area contributed by atoms with Gasteiger partial charge in [-0.1, -0.05) is 18.1 Å². The third-order valence-corrected chi connectivity index (χ3v) is 9.24. The van der Waals surface area contributed by atoms with Crippen LogP contribution < -0.4 is 0 Å². The Morgan fingerprint density at radius 3 is 2.54 bits per heavy atom. The first-order valence-corrected chi connectivity index (χ1v) is 12.8. The van der Waals surface area contributed by atoms with Gasteiger partial charge < -0.3 is 19.1 Å². The van der Waals surface area contributed by atoms with E-state index < -0.39 is 34.8 Å². The van der Waals surface area contributed by atoms with E-state index in [-0.39, 0.29) is 36.7 Å². The maximum Gasteiger partial charge on any atom is 0.309 e. The fourth-order valence-electron chi connectivity index (χ4n) is 8.01. The lowest BCUT2D eigenvalue weighted by Crippen LogP contribution is -2.63. The maximum atomic E-state index is 14.7. The number of methoxy groups -OCH3 is 1. The Labute approximate surface area is 206 Å². The summed E-state index contributed by atoms with van der Waals surface area (Å²) in [5.41, 5.74) is 1.09. The summed E-state index contributed by atoms with van der Waals surface area (Å²) in [6.45, 7) is 5.35. The number of rotatable bonds is 4. The number of hydrogen-bond donors (Lipinski definition) is 0. The van der Waals surface area contributed by atoms with Crippen molar-refractivity contribution >= 4 is 23.8 Å². The van der Waals surface area contributed by atoms with Crippen molar-refractivity contribution in [3.8, 4) is 0 Å². The zero-order chi connectivity index (χ0) is 25.1. The Bertz CT molecular complexity index is 1040. The molecule has 3 aliphatic carbocycles. The van der Waals surface area contributed by atoms with Gasteiger partial charge in [-0.25, -0.2) is 0 Å². The van der Waals surface area contributed by atoms with Crippen LogP contribution in [0.15, 0.2) is 22.9 Å². The molecule has 8 nitrogen and oxygen atoms in total. The number of hydrogen-bond acceptors (Lipinski definition) is 7. The Morgan fingerprint density at radius 1 is 1.09 bits per heavy atom. The first-order valence-electron chi connectivity index (χ1n) is 12.8. The summed E-state index contributed by atoms with van der Waals surface area (Å²) in [5, 5.41) is 0. The van der Waals surface area contributed by atoms with Crippen LogP contribution in [0.5, 0.6) is 0 Å². The number of carbonyl (C=O) groups is 4. The van der Waals surface area contributed by atoms with Crippen LogP contribution >= 0.6 is 0 Å². The van der Waals surface area contributed by atoms with Crippen LogP contribution in [-0.4, -0.2) is 55.1 Å². The standard InChI is InChI=1S/C27H35NO7/c1-15-5-10-22(35-17(3)30)27(14-34-16(2)29)19-8-6-18-7-9-20-21(24(31)33-4)11-26(27,23(18)20)25(32)28(12-15)13-19/h13,15,20-22H,5-12,14H2,1-4H3/t15-,20+,21+,22?,26-,27?/m0/s1. The van der Waals surface area contributed by atoms with E-state index in [1.807, 2.05) is 11.1 Å². The minimum absolute atomic E-state index is 0.0581. The number of ether oxygens (including phenoxy) is 3. The molecule has 6 atom stereocenters. The Balaban J connectivity index is 1.83.